The first-order valence-corrected chi connectivity index (χ1v) is 11.1. The Balaban J connectivity index is 1.27. The first-order chi connectivity index (χ1) is 15.9. The lowest BCUT2D eigenvalue weighted by Crippen LogP contribution is -2.38. The second kappa shape index (κ2) is 8.29. The van der Waals surface area contributed by atoms with Crippen LogP contribution in [0.2, 0.25) is 0 Å². The van der Waals surface area contributed by atoms with Crippen molar-refractivity contribution in [2.45, 2.75) is 69.9 Å². The minimum Gasteiger partial charge on any atom is -0.443 e. The molecule has 3 heterocycles. The number of hydrogen-bond acceptors (Lipinski definition) is 7. The molecule has 2 fully saturated rings. The first-order valence-electron chi connectivity index (χ1n) is 11.1. The molecule has 11 heteroatoms. The van der Waals surface area contributed by atoms with Gasteiger partial charge in [0.2, 0.25) is 0 Å². The molecule has 176 valence electrons. The highest BCUT2D eigenvalue weighted by Gasteiger charge is 2.43. The van der Waals surface area contributed by atoms with E-state index in [1.54, 1.807) is 30.1 Å². The van der Waals surface area contributed by atoms with E-state index in [2.05, 4.69) is 30.9 Å². The SMILES string of the molecule is COCc1nn2ccnc(Nc3cc([C@@H]4CC[C@H](OC(=O)NC5(C)CC5)[C@H]4F)[nH]n3)c2c1C. The fraction of sp³-hybridized carbons (Fsp3) is 0.545. The number of carbonyl (C=O) groups excluding carboxylic acids is 1. The van der Waals surface area contributed by atoms with Gasteiger partial charge in [0.15, 0.2) is 11.6 Å². The lowest BCUT2D eigenvalue weighted by atomic mass is 10.0. The number of alkyl halides is 1. The summed E-state index contributed by atoms with van der Waals surface area (Å²) in [6.45, 7) is 4.32. The van der Waals surface area contributed by atoms with Crippen LogP contribution in [0.5, 0.6) is 0 Å². The maximum absolute atomic E-state index is 15.1. The van der Waals surface area contributed by atoms with Crippen molar-refractivity contribution in [1.82, 2.24) is 30.1 Å². The molecule has 10 nitrogen and oxygen atoms in total. The molecule has 2 saturated carbocycles. The first kappa shape index (κ1) is 21.6. The molecule has 0 saturated heterocycles. The summed E-state index contributed by atoms with van der Waals surface area (Å²) in [6, 6.07) is 1.78. The summed E-state index contributed by atoms with van der Waals surface area (Å²) in [5, 5.41) is 17.8. The maximum atomic E-state index is 15.1. The lowest BCUT2D eigenvalue weighted by molar-refractivity contribution is 0.0546. The number of aryl methyl sites for hydroxylation is 1. The van der Waals surface area contributed by atoms with Crippen LogP contribution in [-0.4, -0.2) is 55.8 Å². The minimum absolute atomic E-state index is 0.195. The Hall–Kier alpha value is -3.21. The lowest BCUT2D eigenvalue weighted by Gasteiger charge is -2.19. The monoisotopic (exact) mass is 457 g/mol. The smallest absolute Gasteiger partial charge is 0.407 e. The Morgan fingerprint density at radius 2 is 2.21 bits per heavy atom. The third-order valence-corrected chi connectivity index (χ3v) is 6.57. The number of nitrogens with one attached hydrogen (secondary N) is 3. The van der Waals surface area contributed by atoms with Crippen molar-refractivity contribution in [3.63, 3.8) is 0 Å². The number of rotatable bonds is 7. The van der Waals surface area contributed by atoms with Gasteiger partial charge in [-0.25, -0.2) is 18.7 Å². The van der Waals surface area contributed by atoms with Crippen molar-refractivity contribution < 1.29 is 18.7 Å². The average molecular weight is 458 g/mol. The number of nitrogens with zero attached hydrogens (tertiary/aromatic N) is 4. The van der Waals surface area contributed by atoms with E-state index in [-0.39, 0.29) is 5.54 Å². The quantitative estimate of drug-likeness (QED) is 0.497. The van der Waals surface area contributed by atoms with Crippen LogP contribution < -0.4 is 10.6 Å². The molecule has 0 spiro atoms. The number of alkyl carbamates (subject to hydrolysis) is 1. The highest BCUT2D eigenvalue weighted by atomic mass is 19.1. The van der Waals surface area contributed by atoms with Gasteiger partial charge in [-0.2, -0.15) is 10.2 Å². The third-order valence-electron chi connectivity index (χ3n) is 6.57. The van der Waals surface area contributed by atoms with E-state index >= 15 is 4.39 Å². The molecule has 3 atom stereocenters. The van der Waals surface area contributed by atoms with E-state index in [0.29, 0.717) is 36.8 Å². The highest BCUT2D eigenvalue weighted by Crippen LogP contribution is 2.39. The Bertz CT molecular complexity index is 1170. The molecule has 3 aromatic heterocycles. The van der Waals surface area contributed by atoms with Crippen molar-refractivity contribution in [1.29, 1.82) is 0 Å². The molecular weight excluding hydrogens is 429 g/mol. The molecule has 1 amide bonds. The van der Waals surface area contributed by atoms with Crippen molar-refractivity contribution in [2.24, 2.45) is 0 Å². The number of carbonyl (C=O) groups is 1. The highest BCUT2D eigenvalue weighted by molar-refractivity contribution is 5.76. The molecule has 0 bridgehead atoms. The van der Waals surface area contributed by atoms with Crippen LogP contribution >= 0.6 is 0 Å². The Morgan fingerprint density at radius 3 is 2.97 bits per heavy atom. The topological polar surface area (TPSA) is 118 Å². The zero-order valence-corrected chi connectivity index (χ0v) is 18.9. The average Bonchev–Trinajstić information content (AvgIpc) is 3.08. The van der Waals surface area contributed by atoms with E-state index in [1.807, 2.05) is 13.8 Å². The van der Waals surface area contributed by atoms with Crippen molar-refractivity contribution in [3.05, 3.63) is 35.4 Å². The standard InChI is InChI=1S/C22H28FN7O3/c1-12-15(11-32-3)29-30-9-8-24-20(19(12)30)25-17-10-14(27-28-17)13-4-5-16(18(13)23)33-21(31)26-22(2)6-7-22/h8-10,13,16,18H,4-7,11H2,1-3H3,(H,26,31)(H2,24,25,27,28)/t13-,16-,18-/m0/s1. The van der Waals surface area contributed by atoms with E-state index in [9.17, 15) is 4.79 Å². The molecule has 3 aromatic rings. The molecule has 3 N–H and O–H groups in total. The van der Waals surface area contributed by atoms with Gasteiger partial charge in [-0.15, -0.1) is 0 Å². The van der Waals surface area contributed by atoms with Gasteiger partial charge >= 0.3 is 6.09 Å². The van der Waals surface area contributed by atoms with Crippen LogP contribution in [0.15, 0.2) is 18.5 Å². The Labute approximate surface area is 190 Å². The molecule has 2 aliphatic carbocycles. The van der Waals surface area contributed by atoms with E-state index in [4.69, 9.17) is 9.47 Å². The Morgan fingerprint density at radius 1 is 1.39 bits per heavy atom. The number of methoxy groups -OCH3 is 1. The molecule has 5 rings (SSSR count). The largest absolute Gasteiger partial charge is 0.443 e. The number of aromatic amines is 1. The van der Waals surface area contributed by atoms with Crippen LogP contribution in [0.3, 0.4) is 0 Å². The maximum Gasteiger partial charge on any atom is 0.407 e. The minimum atomic E-state index is -1.30. The zero-order valence-electron chi connectivity index (χ0n) is 18.9. The molecule has 0 aromatic carbocycles. The number of aromatic nitrogens is 5. The zero-order chi connectivity index (χ0) is 23.2. The van der Waals surface area contributed by atoms with Crippen molar-refractivity contribution >= 4 is 23.2 Å². The van der Waals surface area contributed by atoms with Crippen LogP contribution in [0, 0.1) is 6.92 Å². The van der Waals surface area contributed by atoms with Gasteiger partial charge in [0, 0.05) is 48.3 Å². The number of fused-ring (bicyclic) bond motifs is 1. The number of H-pyrrole nitrogens is 1. The molecule has 0 radical (unpaired) electrons. The van der Waals surface area contributed by atoms with Crippen LogP contribution in [0.4, 0.5) is 20.8 Å². The van der Waals surface area contributed by atoms with Crippen molar-refractivity contribution in [3.8, 4) is 0 Å². The summed E-state index contributed by atoms with van der Waals surface area (Å²) >= 11 is 0. The van der Waals surface area contributed by atoms with E-state index in [0.717, 1.165) is 29.6 Å². The van der Waals surface area contributed by atoms with Gasteiger partial charge in [0.05, 0.1) is 12.3 Å². The number of hydrogen-bond donors (Lipinski definition) is 3. The second-order valence-electron chi connectivity index (χ2n) is 9.16. The van der Waals surface area contributed by atoms with Gasteiger partial charge in [0.1, 0.15) is 17.8 Å². The van der Waals surface area contributed by atoms with Crippen LogP contribution in [-0.2, 0) is 16.1 Å². The number of anilines is 2. The molecule has 0 unspecified atom stereocenters. The summed E-state index contributed by atoms with van der Waals surface area (Å²) < 4.78 is 27.5. The molecule has 0 aliphatic heterocycles. The van der Waals surface area contributed by atoms with Gasteiger partial charge in [0.25, 0.3) is 0 Å². The van der Waals surface area contributed by atoms with Crippen LogP contribution in [0.25, 0.3) is 5.52 Å². The molecule has 2 aliphatic rings. The fourth-order valence-corrected chi connectivity index (χ4v) is 4.37. The second-order valence-corrected chi connectivity index (χ2v) is 9.16. The fourth-order valence-electron chi connectivity index (χ4n) is 4.37. The number of ether oxygens (including phenoxy) is 2. The molecular formula is C22H28FN7O3. The van der Waals surface area contributed by atoms with E-state index in [1.165, 1.54) is 0 Å². The summed E-state index contributed by atoms with van der Waals surface area (Å²) in [5.74, 6) is 0.698. The third kappa shape index (κ3) is 4.24. The van der Waals surface area contributed by atoms with Crippen molar-refractivity contribution in [2.75, 3.05) is 12.4 Å². The van der Waals surface area contributed by atoms with Gasteiger partial charge in [-0.05, 0) is 39.5 Å². The van der Waals surface area contributed by atoms with Gasteiger partial charge < -0.3 is 20.1 Å². The summed E-state index contributed by atoms with van der Waals surface area (Å²) in [7, 11) is 1.63. The number of amides is 1. The predicted molar refractivity (Wildman–Crippen MR) is 118 cm³/mol. The summed E-state index contributed by atoms with van der Waals surface area (Å²) in [5.41, 5.74) is 3.07. The predicted octanol–water partition coefficient (Wildman–Crippen LogP) is 3.51. The van der Waals surface area contributed by atoms with Gasteiger partial charge in [-0.3, -0.25) is 5.10 Å². The van der Waals surface area contributed by atoms with Gasteiger partial charge in [-0.1, -0.05) is 0 Å². The Kier molecular flexibility index (Phi) is 5.43. The normalized spacial score (nSPS) is 23.6. The molecule has 33 heavy (non-hydrogen) atoms. The number of halogens is 1. The summed E-state index contributed by atoms with van der Waals surface area (Å²) in [4.78, 5) is 16.5. The summed E-state index contributed by atoms with van der Waals surface area (Å²) in [6.07, 6.45) is 3.69. The van der Waals surface area contributed by atoms with E-state index < -0.39 is 24.3 Å². The van der Waals surface area contributed by atoms with Crippen LogP contribution in [0.1, 0.15) is 55.5 Å².